The highest BCUT2D eigenvalue weighted by atomic mass is 32.1. The number of aromatic nitrogens is 2. The monoisotopic (exact) mass is 273 g/mol. The first-order valence-electron chi connectivity index (χ1n) is 6.81. The molecule has 0 aliphatic heterocycles. The molecule has 1 aromatic carbocycles. The van der Waals surface area contributed by atoms with Crippen molar-refractivity contribution in [3.05, 3.63) is 44.9 Å². The second-order valence-corrected chi connectivity index (χ2v) is 6.50. The van der Waals surface area contributed by atoms with Crippen molar-refractivity contribution in [2.75, 3.05) is 0 Å². The molecule has 0 saturated heterocycles. The van der Waals surface area contributed by atoms with Gasteiger partial charge in [0.1, 0.15) is 10.0 Å². The second kappa shape index (κ2) is 5.39. The van der Waals surface area contributed by atoms with Gasteiger partial charge in [0.15, 0.2) is 0 Å². The third-order valence-corrected chi connectivity index (χ3v) is 4.40. The Kier molecular flexibility index (Phi) is 3.62. The van der Waals surface area contributed by atoms with E-state index in [1.54, 1.807) is 11.3 Å². The number of rotatable bonds is 5. The molecule has 1 aliphatic carbocycles. The molecule has 1 aromatic heterocycles. The molecule has 0 amide bonds. The average Bonchev–Trinajstić information content (AvgIpc) is 3.12. The maximum absolute atomic E-state index is 4.31. The minimum absolute atomic E-state index is 0.728. The molecular formula is C15H19N3S. The summed E-state index contributed by atoms with van der Waals surface area (Å²) >= 11 is 1.73. The Hall–Kier alpha value is -1.26. The molecule has 0 bridgehead atoms. The largest absolute Gasteiger partial charge is 0.308 e. The Morgan fingerprint density at radius 3 is 2.79 bits per heavy atom. The number of hydrogen-bond donors (Lipinski definition) is 1. The lowest BCUT2D eigenvalue weighted by Gasteiger charge is -2.04. The van der Waals surface area contributed by atoms with Gasteiger partial charge in [-0.25, -0.2) is 0 Å². The summed E-state index contributed by atoms with van der Waals surface area (Å²) in [5.41, 5.74) is 4.00. The van der Waals surface area contributed by atoms with E-state index >= 15 is 0 Å². The molecule has 0 radical (unpaired) electrons. The van der Waals surface area contributed by atoms with E-state index in [-0.39, 0.29) is 0 Å². The molecule has 3 rings (SSSR count). The Labute approximate surface area is 118 Å². The zero-order valence-electron chi connectivity index (χ0n) is 11.4. The van der Waals surface area contributed by atoms with E-state index in [0.29, 0.717) is 0 Å². The van der Waals surface area contributed by atoms with Gasteiger partial charge >= 0.3 is 0 Å². The fourth-order valence-electron chi connectivity index (χ4n) is 2.10. The maximum Gasteiger partial charge on any atom is 0.131 e. The van der Waals surface area contributed by atoms with Crippen LogP contribution in [0.3, 0.4) is 0 Å². The molecule has 1 saturated carbocycles. The van der Waals surface area contributed by atoms with Crippen LogP contribution in [0.15, 0.2) is 18.2 Å². The fraction of sp³-hybridized carbons (Fsp3) is 0.467. The van der Waals surface area contributed by atoms with Crippen molar-refractivity contribution in [1.82, 2.24) is 15.5 Å². The van der Waals surface area contributed by atoms with E-state index in [2.05, 4.69) is 47.6 Å². The van der Waals surface area contributed by atoms with Crippen LogP contribution in [0.5, 0.6) is 0 Å². The highest BCUT2D eigenvalue weighted by Gasteiger charge is 2.20. The van der Waals surface area contributed by atoms with Crippen molar-refractivity contribution < 1.29 is 0 Å². The number of benzene rings is 1. The van der Waals surface area contributed by atoms with Crippen LogP contribution in [0.2, 0.25) is 0 Å². The highest BCUT2D eigenvalue weighted by molar-refractivity contribution is 7.11. The van der Waals surface area contributed by atoms with Crippen LogP contribution in [0, 0.1) is 13.8 Å². The van der Waals surface area contributed by atoms with Crippen molar-refractivity contribution in [2.24, 2.45) is 0 Å². The van der Waals surface area contributed by atoms with Crippen LogP contribution in [-0.4, -0.2) is 16.2 Å². The fourth-order valence-corrected chi connectivity index (χ4v) is 2.92. The first-order chi connectivity index (χ1) is 9.20. The minimum atomic E-state index is 0.728. The summed E-state index contributed by atoms with van der Waals surface area (Å²) in [6.45, 7) is 5.16. The Balaban J connectivity index is 1.66. The van der Waals surface area contributed by atoms with Crippen molar-refractivity contribution in [2.45, 2.75) is 45.7 Å². The van der Waals surface area contributed by atoms with Crippen LogP contribution in [0.4, 0.5) is 0 Å². The predicted octanol–water partition coefficient (Wildman–Crippen LogP) is 3.00. The van der Waals surface area contributed by atoms with Crippen LogP contribution in [0.1, 0.15) is 39.5 Å². The van der Waals surface area contributed by atoms with Gasteiger partial charge in [-0.05, 0) is 37.8 Å². The lowest BCUT2D eigenvalue weighted by atomic mass is 10.0. The van der Waals surface area contributed by atoms with E-state index in [9.17, 15) is 0 Å². The quantitative estimate of drug-likeness (QED) is 0.910. The average molecular weight is 273 g/mol. The van der Waals surface area contributed by atoms with Gasteiger partial charge in [0.05, 0.1) is 0 Å². The Bertz CT molecular complexity index is 573. The summed E-state index contributed by atoms with van der Waals surface area (Å²) in [6, 6.07) is 7.32. The van der Waals surface area contributed by atoms with E-state index in [1.807, 2.05) is 0 Å². The molecule has 4 heteroatoms. The van der Waals surface area contributed by atoms with E-state index < -0.39 is 0 Å². The van der Waals surface area contributed by atoms with Gasteiger partial charge in [0.2, 0.25) is 0 Å². The molecule has 1 aliphatic rings. The number of nitrogens with zero attached hydrogens (tertiary/aromatic N) is 2. The molecule has 19 heavy (non-hydrogen) atoms. The highest BCUT2D eigenvalue weighted by Crippen LogP contribution is 2.21. The third kappa shape index (κ3) is 3.39. The smallest absolute Gasteiger partial charge is 0.131 e. The van der Waals surface area contributed by atoms with Crippen LogP contribution < -0.4 is 5.32 Å². The van der Waals surface area contributed by atoms with Gasteiger partial charge in [-0.3, -0.25) is 0 Å². The molecule has 1 heterocycles. The van der Waals surface area contributed by atoms with E-state index in [1.165, 1.54) is 29.5 Å². The number of nitrogens with one attached hydrogen (secondary N) is 1. The lowest BCUT2D eigenvalue weighted by Crippen LogP contribution is -2.14. The molecular weight excluding hydrogens is 254 g/mol. The van der Waals surface area contributed by atoms with E-state index in [0.717, 1.165) is 29.0 Å². The molecule has 0 spiro atoms. The molecule has 2 aromatic rings. The molecule has 0 unspecified atom stereocenters. The standard InChI is InChI=1S/C15H19N3S/c1-10-3-4-11(2)12(7-10)8-14-17-18-15(19-14)9-16-13-5-6-13/h3-4,7,13,16H,5-6,8-9H2,1-2H3. The summed E-state index contributed by atoms with van der Waals surface area (Å²) in [5, 5.41) is 14.3. The van der Waals surface area contributed by atoms with Crippen molar-refractivity contribution in [1.29, 1.82) is 0 Å². The van der Waals surface area contributed by atoms with Gasteiger partial charge in [-0.15, -0.1) is 10.2 Å². The topological polar surface area (TPSA) is 37.8 Å². The van der Waals surface area contributed by atoms with Crippen molar-refractivity contribution in [3.8, 4) is 0 Å². The van der Waals surface area contributed by atoms with Crippen molar-refractivity contribution >= 4 is 11.3 Å². The Morgan fingerprint density at radius 2 is 2.00 bits per heavy atom. The third-order valence-electron chi connectivity index (χ3n) is 3.47. The summed E-state index contributed by atoms with van der Waals surface area (Å²) in [7, 11) is 0. The SMILES string of the molecule is Cc1ccc(C)c(Cc2nnc(CNC3CC3)s2)c1. The minimum Gasteiger partial charge on any atom is -0.308 e. The first-order valence-corrected chi connectivity index (χ1v) is 7.63. The van der Waals surface area contributed by atoms with E-state index in [4.69, 9.17) is 0 Å². The van der Waals surface area contributed by atoms with Gasteiger partial charge in [-0.1, -0.05) is 35.1 Å². The zero-order chi connectivity index (χ0) is 13.2. The van der Waals surface area contributed by atoms with Gasteiger partial charge in [0.25, 0.3) is 0 Å². The molecule has 0 atom stereocenters. The summed E-state index contributed by atoms with van der Waals surface area (Å²) in [6.07, 6.45) is 3.52. The normalized spacial score (nSPS) is 14.8. The lowest BCUT2D eigenvalue weighted by molar-refractivity contribution is 0.678. The first kappa shape index (κ1) is 12.8. The number of aryl methyl sites for hydroxylation is 2. The van der Waals surface area contributed by atoms with Crippen LogP contribution in [0.25, 0.3) is 0 Å². The molecule has 1 N–H and O–H groups in total. The van der Waals surface area contributed by atoms with Crippen LogP contribution in [-0.2, 0) is 13.0 Å². The zero-order valence-corrected chi connectivity index (χ0v) is 12.3. The predicted molar refractivity (Wildman–Crippen MR) is 78.5 cm³/mol. The Morgan fingerprint density at radius 1 is 1.21 bits per heavy atom. The van der Waals surface area contributed by atoms with Gasteiger partial charge in [-0.2, -0.15) is 0 Å². The maximum atomic E-state index is 4.31. The summed E-state index contributed by atoms with van der Waals surface area (Å²) < 4.78 is 0. The second-order valence-electron chi connectivity index (χ2n) is 5.35. The summed E-state index contributed by atoms with van der Waals surface area (Å²) in [5.74, 6) is 0. The molecule has 100 valence electrons. The van der Waals surface area contributed by atoms with Gasteiger partial charge < -0.3 is 5.32 Å². The molecule has 3 nitrogen and oxygen atoms in total. The summed E-state index contributed by atoms with van der Waals surface area (Å²) in [4.78, 5) is 0. The molecule has 1 fully saturated rings. The number of hydrogen-bond acceptors (Lipinski definition) is 4. The van der Waals surface area contributed by atoms with Crippen LogP contribution >= 0.6 is 11.3 Å². The van der Waals surface area contributed by atoms with Gasteiger partial charge in [0, 0.05) is 19.0 Å². The van der Waals surface area contributed by atoms with Crippen molar-refractivity contribution in [3.63, 3.8) is 0 Å².